The van der Waals surface area contributed by atoms with E-state index >= 15 is 0 Å². The summed E-state index contributed by atoms with van der Waals surface area (Å²) in [6, 6.07) is 0.654. The zero-order valence-corrected chi connectivity index (χ0v) is 9.66. The Morgan fingerprint density at radius 1 is 1.21 bits per heavy atom. The molecule has 0 radical (unpaired) electrons. The number of likely N-dealkylation sites (tertiary alicyclic amines) is 1. The van der Waals surface area contributed by atoms with Gasteiger partial charge < -0.3 is 10.0 Å². The molecule has 14 heavy (non-hydrogen) atoms. The van der Waals surface area contributed by atoms with E-state index in [1.165, 1.54) is 18.5 Å². The maximum atomic E-state index is 9.28. The number of nitrogens with zero attached hydrogens (tertiary/aromatic N) is 1. The third-order valence-electron chi connectivity index (χ3n) is 2.87. The van der Waals surface area contributed by atoms with Crippen LogP contribution in [0, 0.1) is 0 Å². The van der Waals surface area contributed by atoms with Crippen molar-refractivity contribution in [1.82, 2.24) is 4.90 Å². The monoisotopic (exact) mass is 197 g/mol. The van der Waals surface area contributed by atoms with Crippen molar-refractivity contribution in [2.75, 3.05) is 13.1 Å². The largest absolute Gasteiger partial charge is 0.389 e. The Bertz CT molecular complexity index is 196. The highest BCUT2D eigenvalue weighted by molar-refractivity contribution is 5.06. The summed E-state index contributed by atoms with van der Waals surface area (Å²) in [6.07, 6.45) is 5.26. The van der Waals surface area contributed by atoms with Gasteiger partial charge in [-0.05, 0) is 46.6 Å². The van der Waals surface area contributed by atoms with Crippen molar-refractivity contribution in [1.29, 1.82) is 0 Å². The van der Waals surface area contributed by atoms with Gasteiger partial charge in [-0.25, -0.2) is 0 Å². The smallest absolute Gasteiger partial charge is 0.0695 e. The van der Waals surface area contributed by atoms with E-state index in [9.17, 15) is 5.11 Å². The van der Waals surface area contributed by atoms with Crippen LogP contribution >= 0.6 is 0 Å². The van der Waals surface area contributed by atoms with Crippen LogP contribution in [0.2, 0.25) is 0 Å². The normalized spacial score (nSPS) is 25.4. The molecule has 2 nitrogen and oxygen atoms in total. The zero-order valence-electron chi connectivity index (χ0n) is 9.66. The van der Waals surface area contributed by atoms with Crippen LogP contribution in [-0.4, -0.2) is 35.2 Å². The topological polar surface area (TPSA) is 23.5 Å². The molecular weight excluding hydrogens is 174 g/mol. The molecule has 0 saturated carbocycles. The lowest BCUT2D eigenvalue weighted by molar-refractivity contribution is 0.231. The SMILES string of the molecule is CC(O)C=C1CCCN(C(C)C)CC1. The van der Waals surface area contributed by atoms with Crippen LogP contribution in [0.1, 0.15) is 40.0 Å². The molecule has 1 N–H and O–H groups in total. The summed E-state index contributed by atoms with van der Waals surface area (Å²) in [5, 5.41) is 9.28. The molecule has 0 aromatic heterocycles. The van der Waals surface area contributed by atoms with Crippen LogP contribution in [0.15, 0.2) is 11.6 Å². The number of aliphatic hydroxyl groups excluding tert-OH is 1. The Morgan fingerprint density at radius 3 is 2.50 bits per heavy atom. The molecule has 1 fully saturated rings. The predicted octanol–water partition coefficient (Wildman–Crippen LogP) is 2.19. The fraction of sp³-hybridized carbons (Fsp3) is 0.833. The lowest BCUT2D eigenvalue weighted by Gasteiger charge is -2.23. The third kappa shape index (κ3) is 3.81. The maximum Gasteiger partial charge on any atom is 0.0695 e. The van der Waals surface area contributed by atoms with Gasteiger partial charge in [0.1, 0.15) is 0 Å². The highest BCUT2D eigenvalue weighted by Gasteiger charge is 2.14. The van der Waals surface area contributed by atoms with Gasteiger partial charge in [-0.2, -0.15) is 0 Å². The standard InChI is InChI=1S/C12H23NO/c1-10(2)13-7-4-5-12(6-8-13)9-11(3)14/h9-11,14H,4-8H2,1-3H3. The van der Waals surface area contributed by atoms with E-state index in [4.69, 9.17) is 0 Å². The first-order valence-corrected chi connectivity index (χ1v) is 5.71. The van der Waals surface area contributed by atoms with Gasteiger partial charge in [0.2, 0.25) is 0 Å². The average molecular weight is 197 g/mol. The van der Waals surface area contributed by atoms with Crippen molar-refractivity contribution in [3.63, 3.8) is 0 Å². The second-order valence-corrected chi connectivity index (χ2v) is 4.55. The summed E-state index contributed by atoms with van der Waals surface area (Å²) >= 11 is 0. The number of hydrogen-bond acceptors (Lipinski definition) is 2. The molecule has 1 unspecified atom stereocenters. The number of hydrogen-bond donors (Lipinski definition) is 1. The maximum absolute atomic E-state index is 9.28. The lowest BCUT2D eigenvalue weighted by atomic mass is 10.1. The summed E-state index contributed by atoms with van der Waals surface area (Å²) in [5.74, 6) is 0. The zero-order chi connectivity index (χ0) is 10.6. The van der Waals surface area contributed by atoms with Gasteiger partial charge in [-0.15, -0.1) is 0 Å². The Kier molecular flexibility index (Phi) is 4.63. The summed E-state index contributed by atoms with van der Waals surface area (Å²) in [6.45, 7) is 8.69. The van der Waals surface area contributed by atoms with Crippen LogP contribution in [0.5, 0.6) is 0 Å². The molecule has 0 aromatic rings. The molecule has 0 spiro atoms. The second kappa shape index (κ2) is 5.52. The molecule has 82 valence electrons. The van der Waals surface area contributed by atoms with Gasteiger partial charge in [0.05, 0.1) is 6.10 Å². The molecule has 0 aromatic carbocycles. The molecule has 1 saturated heterocycles. The molecule has 2 heteroatoms. The van der Waals surface area contributed by atoms with Gasteiger partial charge >= 0.3 is 0 Å². The van der Waals surface area contributed by atoms with Crippen LogP contribution in [0.3, 0.4) is 0 Å². The van der Waals surface area contributed by atoms with Gasteiger partial charge in [-0.3, -0.25) is 0 Å². The van der Waals surface area contributed by atoms with Crippen LogP contribution in [0.4, 0.5) is 0 Å². The van der Waals surface area contributed by atoms with Gasteiger partial charge in [0, 0.05) is 12.6 Å². The summed E-state index contributed by atoms with van der Waals surface area (Å²) in [4.78, 5) is 2.52. The van der Waals surface area contributed by atoms with E-state index in [0.29, 0.717) is 6.04 Å². The highest BCUT2D eigenvalue weighted by atomic mass is 16.3. The fourth-order valence-corrected chi connectivity index (χ4v) is 2.06. The van der Waals surface area contributed by atoms with Gasteiger partial charge in [0.25, 0.3) is 0 Å². The van der Waals surface area contributed by atoms with E-state index < -0.39 is 0 Å². The number of rotatable bonds is 2. The second-order valence-electron chi connectivity index (χ2n) is 4.55. The molecular formula is C12H23NO. The third-order valence-corrected chi connectivity index (χ3v) is 2.87. The number of aliphatic hydroxyl groups is 1. The van der Waals surface area contributed by atoms with Crippen LogP contribution in [0.25, 0.3) is 0 Å². The first kappa shape index (κ1) is 11.7. The molecule has 1 rings (SSSR count). The Hall–Kier alpha value is -0.340. The molecule has 1 atom stereocenters. The van der Waals surface area contributed by atoms with Crippen molar-refractivity contribution < 1.29 is 5.11 Å². The molecule has 1 aliphatic heterocycles. The molecule has 0 bridgehead atoms. The minimum absolute atomic E-state index is 0.282. The predicted molar refractivity (Wildman–Crippen MR) is 60.3 cm³/mol. The summed E-state index contributed by atoms with van der Waals surface area (Å²) < 4.78 is 0. The first-order chi connectivity index (χ1) is 6.59. The van der Waals surface area contributed by atoms with E-state index in [0.717, 1.165) is 19.4 Å². The van der Waals surface area contributed by atoms with E-state index in [-0.39, 0.29) is 6.10 Å². The fourth-order valence-electron chi connectivity index (χ4n) is 2.06. The quantitative estimate of drug-likeness (QED) is 0.686. The minimum atomic E-state index is -0.282. The molecule has 1 aliphatic rings. The van der Waals surface area contributed by atoms with Crippen LogP contribution < -0.4 is 0 Å². The van der Waals surface area contributed by atoms with Crippen molar-refractivity contribution in [2.24, 2.45) is 0 Å². The summed E-state index contributed by atoms with van der Waals surface area (Å²) in [7, 11) is 0. The molecule has 0 amide bonds. The average Bonchev–Trinajstić information content (AvgIpc) is 2.28. The molecule has 0 aliphatic carbocycles. The lowest BCUT2D eigenvalue weighted by Crippen LogP contribution is -2.31. The Balaban J connectivity index is 2.48. The minimum Gasteiger partial charge on any atom is -0.389 e. The Morgan fingerprint density at radius 2 is 1.93 bits per heavy atom. The van der Waals surface area contributed by atoms with E-state index in [1.54, 1.807) is 0 Å². The van der Waals surface area contributed by atoms with Crippen LogP contribution in [-0.2, 0) is 0 Å². The van der Waals surface area contributed by atoms with Gasteiger partial charge in [-0.1, -0.05) is 11.6 Å². The summed E-state index contributed by atoms with van der Waals surface area (Å²) in [5.41, 5.74) is 1.43. The first-order valence-electron chi connectivity index (χ1n) is 5.71. The van der Waals surface area contributed by atoms with Crippen molar-refractivity contribution in [3.05, 3.63) is 11.6 Å². The van der Waals surface area contributed by atoms with Crippen molar-refractivity contribution in [2.45, 2.75) is 52.2 Å². The van der Waals surface area contributed by atoms with Crippen molar-refractivity contribution in [3.8, 4) is 0 Å². The van der Waals surface area contributed by atoms with E-state index in [2.05, 4.69) is 18.7 Å². The highest BCUT2D eigenvalue weighted by Crippen LogP contribution is 2.18. The molecule has 1 heterocycles. The van der Waals surface area contributed by atoms with Gasteiger partial charge in [0.15, 0.2) is 0 Å². The van der Waals surface area contributed by atoms with E-state index in [1.807, 2.05) is 13.0 Å². The Labute approximate surface area is 87.6 Å². The van der Waals surface area contributed by atoms with Crippen molar-refractivity contribution >= 4 is 0 Å².